The number of nitrogens with zero attached hydrogens (tertiary/aromatic N) is 1. The van der Waals surface area contributed by atoms with Gasteiger partial charge in [0.25, 0.3) is 0 Å². The Labute approximate surface area is 98.2 Å². The second-order valence-electron chi connectivity index (χ2n) is 3.30. The summed E-state index contributed by atoms with van der Waals surface area (Å²) in [6.45, 7) is 0.797. The highest BCUT2D eigenvalue weighted by Crippen LogP contribution is 1.99. The van der Waals surface area contributed by atoms with Crippen molar-refractivity contribution in [2.75, 3.05) is 13.2 Å². The molecule has 0 aromatic carbocycles. The van der Waals surface area contributed by atoms with Crippen LogP contribution in [0, 0.1) is 0 Å². The zero-order chi connectivity index (χ0) is 12.7. The fourth-order valence-corrected chi connectivity index (χ4v) is 1.00. The van der Waals surface area contributed by atoms with Gasteiger partial charge in [0.05, 0.1) is 5.56 Å². The van der Waals surface area contributed by atoms with Crippen LogP contribution in [0.4, 0.5) is 0 Å². The van der Waals surface area contributed by atoms with Crippen molar-refractivity contribution in [1.82, 2.24) is 4.98 Å². The number of aliphatic hydroxyl groups excluding tert-OH is 1. The van der Waals surface area contributed by atoms with Crippen LogP contribution in [0.15, 0.2) is 24.5 Å². The molecule has 1 heterocycles. The topological polar surface area (TPSA) is 85.7 Å². The molecule has 0 fully saturated rings. The number of pyridine rings is 1. The molecular weight excluding hydrogens is 226 g/mol. The molecule has 0 bridgehead atoms. The molecular formula is C11H13NO5. The van der Waals surface area contributed by atoms with Crippen molar-refractivity contribution < 1.29 is 24.2 Å². The monoisotopic (exact) mass is 239 g/mol. The van der Waals surface area contributed by atoms with Crippen LogP contribution < -0.4 is 0 Å². The van der Waals surface area contributed by atoms with Gasteiger partial charge < -0.3 is 14.6 Å². The molecule has 6 heteroatoms. The Kier molecular flexibility index (Phi) is 5.09. The molecule has 0 saturated heterocycles. The predicted octanol–water partition coefficient (Wildman–Crippen LogP) is 0.162. The van der Waals surface area contributed by atoms with Crippen LogP contribution in [-0.2, 0) is 14.3 Å². The van der Waals surface area contributed by atoms with Gasteiger partial charge in [0, 0.05) is 19.3 Å². The Hall–Kier alpha value is -1.95. The van der Waals surface area contributed by atoms with Gasteiger partial charge in [0.15, 0.2) is 0 Å². The van der Waals surface area contributed by atoms with Crippen molar-refractivity contribution in [1.29, 1.82) is 0 Å². The lowest BCUT2D eigenvalue weighted by molar-refractivity contribution is -0.144. The Morgan fingerprint density at radius 1 is 1.41 bits per heavy atom. The number of aliphatic hydroxyl groups is 1. The zero-order valence-electron chi connectivity index (χ0n) is 9.33. The summed E-state index contributed by atoms with van der Waals surface area (Å²) in [5.74, 6) is -1.08. The van der Waals surface area contributed by atoms with E-state index < -0.39 is 18.0 Å². The summed E-state index contributed by atoms with van der Waals surface area (Å²) in [7, 11) is 0. The van der Waals surface area contributed by atoms with E-state index in [1.807, 2.05) is 0 Å². The van der Waals surface area contributed by atoms with E-state index in [0.29, 0.717) is 5.56 Å². The largest absolute Gasteiger partial charge is 0.463 e. The molecule has 0 saturated carbocycles. The molecule has 1 rings (SSSR count). The number of aromatic nitrogens is 1. The fraction of sp³-hybridized carbons (Fsp3) is 0.364. The van der Waals surface area contributed by atoms with Crippen molar-refractivity contribution in [3.63, 3.8) is 0 Å². The summed E-state index contributed by atoms with van der Waals surface area (Å²) in [4.78, 5) is 25.6. The van der Waals surface area contributed by atoms with Gasteiger partial charge >= 0.3 is 11.9 Å². The number of hydrogen-bond acceptors (Lipinski definition) is 6. The highest BCUT2D eigenvalue weighted by Gasteiger charge is 2.11. The van der Waals surface area contributed by atoms with Gasteiger partial charge in [0.2, 0.25) is 0 Å². The molecule has 0 aliphatic heterocycles. The van der Waals surface area contributed by atoms with Crippen LogP contribution >= 0.6 is 0 Å². The van der Waals surface area contributed by atoms with Gasteiger partial charge in [-0.25, -0.2) is 4.79 Å². The van der Waals surface area contributed by atoms with Gasteiger partial charge in [0.1, 0.15) is 19.3 Å². The average molecular weight is 239 g/mol. The van der Waals surface area contributed by atoms with Gasteiger partial charge in [-0.15, -0.1) is 0 Å². The molecule has 1 aromatic rings. The third-order valence-corrected chi connectivity index (χ3v) is 1.78. The first kappa shape index (κ1) is 13.1. The first-order chi connectivity index (χ1) is 8.09. The molecule has 0 aliphatic carbocycles. The molecule has 1 N–H and O–H groups in total. The molecule has 0 radical (unpaired) electrons. The Bertz CT molecular complexity index is 379. The molecule has 1 unspecified atom stereocenters. The molecule has 17 heavy (non-hydrogen) atoms. The average Bonchev–Trinajstić information content (AvgIpc) is 2.34. The van der Waals surface area contributed by atoms with Crippen LogP contribution in [0.2, 0.25) is 0 Å². The maximum atomic E-state index is 11.4. The highest BCUT2D eigenvalue weighted by atomic mass is 16.6. The first-order valence-electron chi connectivity index (χ1n) is 4.98. The smallest absolute Gasteiger partial charge is 0.339 e. The maximum Gasteiger partial charge on any atom is 0.339 e. The maximum absolute atomic E-state index is 11.4. The van der Waals surface area contributed by atoms with Crippen LogP contribution in [0.1, 0.15) is 17.3 Å². The number of carbonyl (C=O) groups is 2. The third-order valence-electron chi connectivity index (χ3n) is 1.78. The van der Waals surface area contributed by atoms with E-state index in [9.17, 15) is 14.7 Å². The molecule has 0 aliphatic rings. The fourth-order valence-electron chi connectivity index (χ4n) is 1.00. The summed E-state index contributed by atoms with van der Waals surface area (Å²) in [6, 6.07) is 3.15. The predicted molar refractivity (Wildman–Crippen MR) is 57.2 cm³/mol. The van der Waals surface area contributed by atoms with E-state index in [2.05, 4.69) is 9.72 Å². The van der Waals surface area contributed by atoms with E-state index in [4.69, 9.17) is 4.74 Å². The van der Waals surface area contributed by atoms with Crippen LogP contribution in [-0.4, -0.2) is 41.3 Å². The van der Waals surface area contributed by atoms with Gasteiger partial charge in [-0.05, 0) is 12.1 Å². The van der Waals surface area contributed by atoms with Crippen molar-refractivity contribution in [3.05, 3.63) is 30.1 Å². The Balaban J connectivity index is 2.31. The van der Waals surface area contributed by atoms with Gasteiger partial charge in [-0.2, -0.15) is 0 Å². The van der Waals surface area contributed by atoms with E-state index in [0.717, 1.165) is 0 Å². The molecule has 0 amide bonds. The first-order valence-corrected chi connectivity index (χ1v) is 4.98. The molecule has 1 aromatic heterocycles. The van der Waals surface area contributed by atoms with Gasteiger partial charge in [-0.1, -0.05) is 0 Å². The van der Waals surface area contributed by atoms with Crippen molar-refractivity contribution >= 4 is 11.9 Å². The van der Waals surface area contributed by atoms with Crippen LogP contribution in [0.5, 0.6) is 0 Å². The third kappa shape index (κ3) is 5.07. The molecule has 0 spiro atoms. The second kappa shape index (κ2) is 6.59. The SMILES string of the molecule is CC(=O)OCC(O)COC(=O)c1cccnc1. The minimum absolute atomic E-state index is 0.199. The number of esters is 2. The highest BCUT2D eigenvalue weighted by molar-refractivity contribution is 5.88. The van der Waals surface area contributed by atoms with E-state index in [1.165, 1.54) is 19.3 Å². The Morgan fingerprint density at radius 3 is 2.71 bits per heavy atom. The number of ether oxygens (including phenoxy) is 2. The standard InChI is InChI=1S/C11H13NO5/c1-8(13)16-6-10(14)7-17-11(15)9-3-2-4-12-5-9/h2-5,10,14H,6-7H2,1H3. The Morgan fingerprint density at radius 2 is 2.12 bits per heavy atom. The van der Waals surface area contributed by atoms with Gasteiger partial charge in [-0.3, -0.25) is 9.78 Å². The summed E-state index contributed by atoms with van der Waals surface area (Å²) in [6.07, 6.45) is 1.87. The summed E-state index contributed by atoms with van der Waals surface area (Å²) in [5.41, 5.74) is 0.298. The lowest BCUT2D eigenvalue weighted by Crippen LogP contribution is -2.24. The summed E-state index contributed by atoms with van der Waals surface area (Å²) in [5, 5.41) is 9.32. The number of hydrogen-bond donors (Lipinski definition) is 1. The van der Waals surface area contributed by atoms with Crippen LogP contribution in [0.25, 0.3) is 0 Å². The van der Waals surface area contributed by atoms with E-state index in [-0.39, 0.29) is 13.2 Å². The van der Waals surface area contributed by atoms with E-state index in [1.54, 1.807) is 12.1 Å². The molecule has 92 valence electrons. The minimum Gasteiger partial charge on any atom is -0.463 e. The second-order valence-corrected chi connectivity index (χ2v) is 3.30. The lowest BCUT2D eigenvalue weighted by atomic mass is 10.3. The summed E-state index contributed by atoms with van der Waals surface area (Å²) >= 11 is 0. The zero-order valence-corrected chi connectivity index (χ0v) is 9.33. The normalized spacial score (nSPS) is 11.6. The van der Waals surface area contributed by atoms with Crippen LogP contribution in [0.3, 0.4) is 0 Å². The van der Waals surface area contributed by atoms with Crippen molar-refractivity contribution in [2.24, 2.45) is 0 Å². The minimum atomic E-state index is -1.03. The molecule has 1 atom stereocenters. The molecule has 6 nitrogen and oxygen atoms in total. The van der Waals surface area contributed by atoms with Crippen molar-refractivity contribution in [2.45, 2.75) is 13.0 Å². The number of carbonyl (C=O) groups excluding carboxylic acids is 2. The van der Waals surface area contributed by atoms with Crippen molar-refractivity contribution in [3.8, 4) is 0 Å². The number of rotatable bonds is 5. The summed E-state index contributed by atoms with van der Waals surface area (Å²) < 4.78 is 9.35. The van der Waals surface area contributed by atoms with E-state index >= 15 is 0 Å². The lowest BCUT2D eigenvalue weighted by Gasteiger charge is -2.10. The quantitative estimate of drug-likeness (QED) is 0.737.